The second-order valence-corrected chi connectivity index (χ2v) is 7.40. The molecule has 0 atom stereocenters. The minimum Gasteiger partial charge on any atom is -0.444 e. The van der Waals surface area contributed by atoms with Gasteiger partial charge in [0.05, 0.1) is 5.02 Å². The topological polar surface area (TPSA) is 78.8 Å². The molecule has 0 saturated carbocycles. The van der Waals surface area contributed by atoms with Crippen molar-refractivity contribution in [3.63, 3.8) is 0 Å². The maximum atomic E-state index is 14.0. The van der Waals surface area contributed by atoms with Crippen molar-refractivity contribution in [3.05, 3.63) is 28.5 Å². The number of carbonyl (C=O) groups excluding carboxylic acids is 1. The number of rotatable bonds is 4. The molecule has 8 heteroatoms. The van der Waals surface area contributed by atoms with Crippen LogP contribution in [-0.2, 0) is 11.2 Å². The number of amides is 1. The van der Waals surface area contributed by atoms with E-state index in [1.54, 1.807) is 34.6 Å². The number of hydrogen-bond acceptors (Lipinski definition) is 4. The number of carbonyl (C=O) groups is 1. The van der Waals surface area contributed by atoms with E-state index < -0.39 is 30.2 Å². The highest BCUT2D eigenvalue weighted by Crippen LogP contribution is 2.19. The second-order valence-electron chi connectivity index (χ2n) is 7.00. The Balaban J connectivity index is 2.98. The first kappa shape index (κ1) is 19.7. The summed E-state index contributed by atoms with van der Waals surface area (Å²) in [6.45, 7) is 8.67. The normalized spacial score (nSPS) is 12.0. The summed E-state index contributed by atoms with van der Waals surface area (Å²) >= 11 is 5.67. The number of nitrogens with one attached hydrogen (secondary N) is 1. The van der Waals surface area contributed by atoms with E-state index in [2.05, 4.69) is 5.32 Å². The fourth-order valence-corrected chi connectivity index (χ4v) is 2.30. The summed E-state index contributed by atoms with van der Waals surface area (Å²) in [5, 5.41) is 21.3. The minimum atomic E-state index is -2.00. The molecule has 3 N–H and O–H groups in total. The molecule has 0 unspecified atom stereocenters. The van der Waals surface area contributed by atoms with Gasteiger partial charge in [-0.25, -0.2) is 9.18 Å². The van der Waals surface area contributed by atoms with E-state index in [0.29, 0.717) is 5.56 Å². The first-order valence-electron chi connectivity index (χ1n) is 7.16. The first-order chi connectivity index (χ1) is 10.3. The average Bonchev–Trinajstić information content (AvgIpc) is 2.29. The van der Waals surface area contributed by atoms with Gasteiger partial charge in [-0.05, 0) is 52.7 Å². The molecule has 0 spiro atoms. The van der Waals surface area contributed by atoms with E-state index in [9.17, 15) is 19.2 Å². The van der Waals surface area contributed by atoms with Crippen LogP contribution < -0.4 is 10.8 Å². The Morgan fingerprint density at radius 1 is 1.30 bits per heavy atom. The number of alkyl carbamates (subject to hydrolysis) is 1. The van der Waals surface area contributed by atoms with Crippen LogP contribution in [-0.4, -0.2) is 34.4 Å². The molecule has 0 radical (unpaired) electrons. The van der Waals surface area contributed by atoms with Crippen molar-refractivity contribution in [2.24, 2.45) is 0 Å². The van der Waals surface area contributed by atoms with Gasteiger partial charge in [0, 0.05) is 11.0 Å². The third-order valence-electron chi connectivity index (χ3n) is 2.95. The van der Waals surface area contributed by atoms with Crippen LogP contribution in [0.5, 0.6) is 0 Å². The fraction of sp³-hybridized carbons (Fsp3) is 0.533. The van der Waals surface area contributed by atoms with Crippen LogP contribution in [0.25, 0.3) is 0 Å². The zero-order valence-corrected chi connectivity index (χ0v) is 14.7. The fourth-order valence-electron chi connectivity index (χ4n) is 2.14. The standard InChI is InChI=1S/C15H22BClFNO4/c1-14(2,3)23-13(20)19-15(4,5)8-9-6-7-10(17)12(18)11(9)16(21)22/h6-7,21-22H,8H2,1-5H3,(H,19,20). The second kappa shape index (κ2) is 7.07. The van der Waals surface area contributed by atoms with Gasteiger partial charge in [0.2, 0.25) is 0 Å². The Morgan fingerprint density at radius 3 is 2.35 bits per heavy atom. The smallest absolute Gasteiger partial charge is 0.444 e. The molecule has 0 heterocycles. The molecule has 128 valence electrons. The molecule has 0 fully saturated rings. The van der Waals surface area contributed by atoms with Crippen molar-refractivity contribution in [2.75, 3.05) is 0 Å². The first-order valence-corrected chi connectivity index (χ1v) is 7.54. The summed E-state index contributed by atoms with van der Waals surface area (Å²) in [5.41, 5.74) is -1.40. The van der Waals surface area contributed by atoms with Gasteiger partial charge in [-0.3, -0.25) is 0 Å². The molecule has 5 nitrogen and oxygen atoms in total. The van der Waals surface area contributed by atoms with E-state index in [0.717, 1.165) is 0 Å². The summed E-state index contributed by atoms with van der Waals surface area (Å²) in [4.78, 5) is 11.9. The van der Waals surface area contributed by atoms with Gasteiger partial charge in [-0.15, -0.1) is 0 Å². The van der Waals surface area contributed by atoms with Gasteiger partial charge in [-0.1, -0.05) is 17.7 Å². The maximum Gasteiger partial charge on any atom is 0.491 e. The molecule has 1 amide bonds. The molecule has 0 bridgehead atoms. The van der Waals surface area contributed by atoms with Crippen molar-refractivity contribution in [3.8, 4) is 0 Å². The third kappa shape index (κ3) is 6.01. The number of halogens is 2. The molecule has 0 saturated heterocycles. The molecule has 0 aliphatic heterocycles. The summed E-state index contributed by atoms with van der Waals surface area (Å²) in [5.74, 6) is -0.882. The minimum absolute atomic E-state index is 0.160. The maximum absolute atomic E-state index is 14.0. The molecule has 23 heavy (non-hydrogen) atoms. The van der Waals surface area contributed by atoms with Crippen molar-refractivity contribution in [2.45, 2.75) is 52.2 Å². The largest absolute Gasteiger partial charge is 0.491 e. The Hall–Kier alpha value is -1.31. The lowest BCUT2D eigenvalue weighted by Gasteiger charge is -2.29. The van der Waals surface area contributed by atoms with Gasteiger partial charge in [0.25, 0.3) is 0 Å². The summed E-state index contributed by atoms with van der Waals surface area (Å²) < 4.78 is 19.2. The lowest BCUT2D eigenvalue weighted by molar-refractivity contribution is 0.0472. The lowest BCUT2D eigenvalue weighted by atomic mass is 9.74. The Bertz CT molecular complexity index is 588. The van der Waals surface area contributed by atoms with Crippen molar-refractivity contribution < 1.29 is 24.0 Å². The Morgan fingerprint density at radius 2 is 1.87 bits per heavy atom. The predicted octanol–water partition coefficient (Wildman–Crippen LogP) is 2.00. The van der Waals surface area contributed by atoms with Gasteiger partial charge in [0.15, 0.2) is 0 Å². The molecule has 0 aromatic heterocycles. The molecule has 0 aliphatic rings. The van der Waals surface area contributed by atoms with Crippen molar-refractivity contribution >= 4 is 30.3 Å². The zero-order valence-electron chi connectivity index (χ0n) is 13.9. The van der Waals surface area contributed by atoms with Gasteiger partial charge >= 0.3 is 13.2 Å². The van der Waals surface area contributed by atoms with Crippen molar-refractivity contribution in [1.82, 2.24) is 5.32 Å². The van der Waals surface area contributed by atoms with Gasteiger partial charge in [-0.2, -0.15) is 0 Å². The highest BCUT2D eigenvalue weighted by molar-refractivity contribution is 6.59. The highest BCUT2D eigenvalue weighted by atomic mass is 35.5. The van der Waals surface area contributed by atoms with Crippen molar-refractivity contribution in [1.29, 1.82) is 0 Å². The van der Waals surface area contributed by atoms with E-state index in [1.807, 2.05) is 0 Å². The molecule has 1 rings (SSSR count). The van der Waals surface area contributed by atoms with E-state index in [4.69, 9.17) is 16.3 Å². The Labute approximate surface area is 140 Å². The van der Waals surface area contributed by atoms with Crippen LogP contribution in [0.2, 0.25) is 5.02 Å². The highest BCUT2D eigenvalue weighted by Gasteiger charge is 2.29. The molecular weight excluding hydrogens is 323 g/mol. The third-order valence-corrected chi connectivity index (χ3v) is 3.24. The van der Waals surface area contributed by atoms with Crippen LogP contribution in [0.1, 0.15) is 40.2 Å². The van der Waals surface area contributed by atoms with Crippen LogP contribution in [0.15, 0.2) is 12.1 Å². The van der Waals surface area contributed by atoms with Crippen LogP contribution in [0.3, 0.4) is 0 Å². The lowest BCUT2D eigenvalue weighted by Crippen LogP contribution is -2.49. The summed E-state index contributed by atoms with van der Waals surface area (Å²) in [7, 11) is -2.00. The predicted molar refractivity (Wildman–Crippen MR) is 88.4 cm³/mol. The summed E-state index contributed by atoms with van der Waals surface area (Å²) in [6, 6.07) is 2.83. The zero-order chi connectivity index (χ0) is 18.0. The van der Waals surface area contributed by atoms with Gasteiger partial charge < -0.3 is 20.1 Å². The Kier molecular flexibility index (Phi) is 6.07. The van der Waals surface area contributed by atoms with E-state index in [-0.39, 0.29) is 16.9 Å². The summed E-state index contributed by atoms with van der Waals surface area (Å²) in [6.07, 6.45) is -0.448. The molecule has 1 aromatic carbocycles. The van der Waals surface area contributed by atoms with E-state index in [1.165, 1.54) is 12.1 Å². The number of ether oxygens (including phenoxy) is 1. The molecule has 1 aromatic rings. The SMILES string of the molecule is CC(C)(Cc1ccc(Cl)c(F)c1B(O)O)NC(=O)OC(C)(C)C. The van der Waals surface area contributed by atoms with Gasteiger partial charge in [0.1, 0.15) is 11.4 Å². The average molecular weight is 346 g/mol. The number of benzene rings is 1. The molecular formula is C15H22BClFNO4. The van der Waals surface area contributed by atoms with Crippen LogP contribution in [0.4, 0.5) is 9.18 Å². The number of hydrogen-bond donors (Lipinski definition) is 3. The van der Waals surface area contributed by atoms with Crippen LogP contribution >= 0.6 is 11.6 Å². The quantitative estimate of drug-likeness (QED) is 0.729. The van der Waals surface area contributed by atoms with E-state index >= 15 is 0 Å². The van der Waals surface area contributed by atoms with Crippen LogP contribution in [0, 0.1) is 5.82 Å². The monoisotopic (exact) mass is 345 g/mol. The molecule has 0 aliphatic carbocycles.